The third kappa shape index (κ3) is 2.33. The molecule has 2 aromatic carbocycles. The summed E-state index contributed by atoms with van der Waals surface area (Å²) in [6.07, 6.45) is 0. The number of hydrogen-bond acceptors (Lipinski definition) is 3. The third-order valence-corrected chi connectivity index (χ3v) is 3.14. The zero-order valence-electron chi connectivity index (χ0n) is 10.6. The zero-order valence-corrected chi connectivity index (χ0v) is 10.6. The average molecular weight is 249 g/mol. The Morgan fingerprint density at radius 2 is 1.68 bits per heavy atom. The highest BCUT2D eigenvalue weighted by Crippen LogP contribution is 2.24. The molecule has 3 heteroatoms. The molecule has 0 unspecified atom stereocenters. The Hall–Kier alpha value is -2.26. The van der Waals surface area contributed by atoms with Gasteiger partial charge in [-0.1, -0.05) is 48.5 Å². The van der Waals surface area contributed by atoms with Crippen LogP contribution >= 0.6 is 0 Å². The monoisotopic (exact) mass is 249 g/mol. The summed E-state index contributed by atoms with van der Waals surface area (Å²) in [5, 5.41) is 0. The zero-order chi connectivity index (χ0) is 13.1. The van der Waals surface area contributed by atoms with Gasteiger partial charge in [-0.05, 0) is 6.07 Å². The number of nitrogens with zero attached hydrogens (tertiary/aromatic N) is 2. The van der Waals surface area contributed by atoms with Crippen molar-refractivity contribution in [2.75, 3.05) is 13.1 Å². The lowest BCUT2D eigenvalue weighted by molar-refractivity contribution is 1.20. The van der Waals surface area contributed by atoms with Crippen molar-refractivity contribution in [2.24, 2.45) is 15.7 Å². The van der Waals surface area contributed by atoms with Crippen LogP contribution in [0.15, 0.2) is 64.6 Å². The van der Waals surface area contributed by atoms with Gasteiger partial charge < -0.3 is 5.73 Å². The standard InChI is InChI=1S/C16H15N3/c17-10-13-11-18-16(12-6-2-1-3-7-12)14-8-4-5-9-15(14)19-13/h1-9H,10-11,17H2. The fourth-order valence-corrected chi connectivity index (χ4v) is 2.19. The predicted octanol–water partition coefficient (Wildman–Crippen LogP) is 2.57. The van der Waals surface area contributed by atoms with Crippen LogP contribution in [0.5, 0.6) is 0 Å². The highest BCUT2D eigenvalue weighted by molar-refractivity contribution is 6.17. The molecule has 1 aliphatic rings. The van der Waals surface area contributed by atoms with Crippen LogP contribution in [0.4, 0.5) is 5.69 Å². The van der Waals surface area contributed by atoms with Crippen LogP contribution in [0.3, 0.4) is 0 Å². The lowest BCUT2D eigenvalue weighted by Gasteiger charge is -2.07. The normalized spacial score (nSPS) is 14.2. The first-order chi connectivity index (χ1) is 9.38. The molecule has 0 radical (unpaired) electrons. The second kappa shape index (κ2) is 5.16. The van der Waals surface area contributed by atoms with Crippen molar-refractivity contribution in [3.63, 3.8) is 0 Å². The number of para-hydroxylation sites is 1. The number of nitrogens with two attached hydrogens (primary N) is 1. The van der Waals surface area contributed by atoms with Gasteiger partial charge in [-0.15, -0.1) is 0 Å². The number of fused-ring (bicyclic) bond motifs is 1. The molecule has 2 aromatic rings. The van der Waals surface area contributed by atoms with Crippen molar-refractivity contribution in [2.45, 2.75) is 0 Å². The summed E-state index contributed by atoms with van der Waals surface area (Å²) in [4.78, 5) is 9.30. The smallest absolute Gasteiger partial charge is 0.0793 e. The van der Waals surface area contributed by atoms with Crippen molar-refractivity contribution in [3.05, 3.63) is 65.7 Å². The first-order valence-corrected chi connectivity index (χ1v) is 6.34. The maximum Gasteiger partial charge on any atom is 0.0793 e. The molecule has 0 saturated carbocycles. The largest absolute Gasteiger partial charge is 0.325 e. The van der Waals surface area contributed by atoms with Crippen LogP contribution in [0.25, 0.3) is 0 Å². The summed E-state index contributed by atoms with van der Waals surface area (Å²) in [7, 11) is 0. The van der Waals surface area contributed by atoms with Gasteiger partial charge in [-0.2, -0.15) is 0 Å². The second-order valence-electron chi connectivity index (χ2n) is 4.43. The molecule has 0 fully saturated rings. The third-order valence-electron chi connectivity index (χ3n) is 3.14. The molecule has 94 valence electrons. The molecule has 0 aromatic heterocycles. The van der Waals surface area contributed by atoms with Crippen LogP contribution in [0.1, 0.15) is 11.1 Å². The van der Waals surface area contributed by atoms with Gasteiger partial charge in [0.05, 0.1) is 23.7 Å². The van der Waals surface area contributed by atoms with Crippen LogP contribution in [0, 0.1) is 0 Å². The van der Waals surface area contributed by atoms with Gasteiger partial charge in [0.2, 0.25) is 0 Å². The number of hydrogen-bond donors (Lipinski definition) is 1. The van der Waals surface area contributed by atoms with E-state index in [0.29, 0.717) is 13.1 Å². The molecule has 1 aliphatic heterocycles. The molecule has 0 amide bonds. The molecule has 0 spiro atoms. The van der Waals surface area contributed by atoms with E-state index in [2.05, 4.69) is 23.2 Å². The average Bonchev–Trinajstić information content (AvgIpc) is 2.67. The van der Waals surface area contributed by atoms with Gasteiger partial charge in [0, 0.05) is 17.7 Å². The Morgan fingerprint density at radius 3 is 2.47 bits per heavy atom. The number of benzene rings is 2. The van der Waals surface area contributed by atoms with Crippen molar-refractivity contribution < 1.29 is 0 Å². The predicted molar refractivity (Wildman–Crippen MR) is 79.5 cm³/mol. The fourth-order valence-electron chi connectivity index (χ4n) is 2.19. The van der Waals surface area contributed by atoms with E-state index in [4.69, 9.17) is 10.7 Å². The first kappa shape index (κ1) is 11.8. The van der Waals surface area contributed by atoms with Crippen LogP contribution < -0.4 is 5.73 Å². The SMILES string of the molecule is NCC1=Nc2ccccc2C(c2ccccc2)=NC1. The minimum atomic E-state index is 0.444. The summed E-state index contributed by atoms with van der Waals surface area (Å²) in [5.74, 6) is 0. The molecule has 0 bridgehead atoms. The van der Waals surface area contributed by atoms with Crippen molar-refractivity contribution in [3.8, 4) is 0 Å². The molecule has 1 heterocycles. The van der Waals surface area contributed by atoms with Crippen molar-refractivity contribution in [1.82, 2.24) is 0 Å². The Balaban J connectivity index is 2.16. The van der Waals surface area contributed by atoms with E-state index in [0.717, 1.165) is 28.2 Å². The topological polar surface area (TPSA) is 50.7 Å². The lowest BCUT2D eigenvalue weighted by atomic mass is 10.0. The van der Waals surface area contributed by atoms with E-state index < -0.39 is 0 Å². The molecule has 0 saturated heterocycles. The molecule has 3 nitrogen and oxygen atoms in total. The Morgan fingerprint density at radius 1 is 0.947 bits per heavy atom. The van der Waals surface area contributed by atoms with Crippen LogP contribution in [-0.2, 0) is 0 Å². The number of aliphatic imine (C=N–C) groups is 2. The van der Waals surface area contributed by atoms with Gasteiger partial charge in [-0.3, -0.25) is 9.98 Å². The van der Waals surface area contributed by atoms with E-state index >= 15 is 0 Å². The van der Waals surface area contributed by atoms with Gasteiger partial charge >= 0.3 is 0 Å². The highest BCUT2D eigenvalue weighted by Gasteiger charge is 2.14. The summed E-state index contributed by atoms with van der Waals surface area (Å²) >= 11 is 0. The molecular formula is C16H15N3. The molecule has 0 atom stereocenters. The van der Waals surface area contributed by atoms with Crippen molar-refractivity contribution >= 4 is 17.1 Å². The van der Waals surface area contributed by atoms with E-state index in [-0.39, 0.29) is 0 Å². The van der Waals surface area contributed by atoms with Gasteiger partial charge in [0.1, 0.15) is 0 Å². The van der Waals surface area contributed by atoms with E-state index in [1.165, 1.54) is 0 Å². The molecule has 19 heavy (non-hydrogen) atoms. The fraction of sp³-hybridized carbons (Fsp3) is 0.125. The van der Waals surface area contributed by atoms with E-state index in [1.54, 1.807) is 0 Å². The quantitative estimate of drug-likeness (QED) is 0.873. The van der Waals surface area contributed by atoms with E-state index in [1.807, 2.05) is 36.4 Å². The minimum absolute atomic E-state index is 0.444. The second-order valence-corrected chi connectivity index (χ2v) is 4.43. The number of rotatable bonds is 2. The van der Waals surface area contributed by atoms with E-state index in [9.17, 15) is 0 Å². The summed E-state index contributed by atoms with van der Waals surface area (Å²) < 4.78 is 0. The minimum Gasteiger partial charge on any atom is -0.325 e. The first-order valence-electron chi connectivity index (χ1n) is 6.34. The maximum atomic E-state index is 5.71. The molecule has 3 rings (SSSR count). The molecular weight excluding hydrogens is 234 g/mol. The summed E-state index contributed by atoms with van der Waals surface area (Å²) in [6.45, 7) is 1.01. The molecule has 0 aliphatic carbocycles. The van der Waals surface area contributed by atoms with Crippen molar-refractivity contribution in [1.29, 1.82) is 0 Å². The molecule has 2 N–H and O–H groups in total. The Labute approximate surface area is 112 Å². The van der Waals surface area contributed by atoms with Gasteiger partial charge in [0.25, 0.3) is 0 Å². The maximum absolute atomic E-state index is 5.71. The van der Waals surface area contributed by atoms with Crippen LogP contribution in [0.2, 0.25) is 0 Å². The van der Waals surface area contributed by atoms with Gasteiger partial charge in [-0.25, -0.2) is 0 Å². The Kier molecular flexibility index (Phi) is 3.21. The Bertz CT molecular complexity index is 642. The lowest BCUT2D eigenvalue weighted by Crippen LogP contribution is -2.16. The van der Waals surface area contributed by atoms with Crippen LogP contribution in [-0.4, -0.2) is 24.5 Å². The summed E-state index contributed by atoms with van der Waals surface area (Å²) in [6, 6.07) is 18.3. The van der Waals surface area contributed by atoms with Gasteiger partial charge in [0.15, 0.2) is 0 Å². The summed E-state index contributed by atoms with van der Waals surface area (Å²) in [5.41, 5.74) is 10.7. The highest BCUT2D eigenvalue weighted by atomic mass is 14.9.